The Morgan fingerprint density at radius 3 is 2.51 bits per heavy atom. The molecule has 35 heavy (non-hydrogen) atoms. The van der Waals surface area contributed by atoms with Gasteiger partial charge in [0.15, 0.2) is 0 Å². The summed E-state index contributed by atoms with van der Waals surface area (Å²) in [6.07, 6.45) is -2.86. The maximum atomic E-state index is 12.9. The van der Waals surface area contributed by atoms with E-state index in [1.807, 2.05) is 19.9 Å². The molecule has 2 heterocycles. The van der Waals surface area contributed by atoms with Crippen molar-refractivity contribution in [2.45, 2.75) is 38.1 Å². The molecule has 0 radical (unpaired) electrons. The van der Waals surface area contributed by atoms with Crippen LogP contribution >= 0.6 is 0 Å². The Bertz CT molecular complexity index is 1390. The largest absolute Gasteiger partial charge is 0.484 e. The number of aliphatic imine (C=N–C) groups is 2. The van der Waals surface area contributed by atoms with Gasteiger partial charge in [-0.3, -0.25) is 9.98 Å². The summed E-state index contributed by atoms with van der Waals surface area (Å²) >= 11 is 0. The van der Waals surface area contributed by atoms with Gasteiger partial charge in [-0.05, 0) is 50.4 Å². The van der Waals surface area contributed by atoms with Gasteiger partial charge in [0.2, 0.25) is 5.90 Å². The molecule has 0 fully saturated rings. The number of ether oxygens (including phenoxy) is 2. The van der Waals surface area contributed by atoms with Gasteiger partial charge in [-0.15, -0.1) is 0 Å². The summed E-state index contributed by atoms with van der Waals surface area (Å²) in [5.41, 5.74) is 0.102. The second-order valence-electron chi connectivity index (χ2n) is 8.59. The molecule has 0 N–H and O–H groups in total. The van der Waals surface area contributed by atoms with Crippen LogP contribution < -0.4 is 10.4 Å². The Kier molecular flexibility index (Phi) is 6.27. The summed E-state index contributed by atoms with van der Waals surface area (Å²) < 4.78 is 56.3. The van der Waals surface area contributed by atoms with Crippen LogP contribution in [0.1, 0.15) is 30.5 Å². The van der Waals surface area contributed by atoms with Crippen LogP contribution in [-0.4, -0.2) is 31.4 Å². The first kappa shape index (κ1) is 24.3. The van der Waals surface area contributed by atoms with E-state index in [-0.39, 0.29) is 5.90 Å². The lowest BCUT2D eigenvalue weighted by molar-refractivity contribution is -0.137. The normalized spacial score (nSPS) is 18.1. The molecule has 1 atom stereocenters. The fourth-order valence-electron chi connectivity index (χ4n) is 3.84. The van der Waals surface area contributed by atoms with E-state index >= 15 is 0 Å². The van der Waals surface area contributed by atoms with Gasteiger partial charge in [-0.1, -0.05) is 12.1 Å². The van der Waals surface area contributed by atoms with Gasteiger partial charge in [0.05, 0.1) is 11.3 Å². The van der Waals surface area contributed by atoms with Gasteiger partial charge >= 0.3 is 11.8 Å². The molecule has 0 saturated heterocycles. The van der Waals surface area contributed by atoms with Crippen molar-refractivity contribution in [3.63, 3.8) is 0 Å². The molecule has 2 aromatic carbocycles. The van der Waals surface area contributed by atoms with E-state index in [4.69, 9.17) is 13.9 Å². The molecular formula is C26H23F3N2O4. The van der Waals surface area contributed by atoms with Crippen molar-refractivity contribution < 1.29 is 27.1 Å². The fraction of sp³-hybridized carbons (Fsp3) is 0.269. The Hall–Kier alpha value is -3.88. The van der Waals surface area contributed by atoms with Crippen LogP contribution in [-0.2, 0) is 17.3 Å². The van der Waals surface area contributed by atoms with Gasteiger partial charge in [0.1, 0.15) is 23.0 Å². The van der Waals surface area contributed by atoms with Crippen molar-refractivity contribution in [1.82, 2.24) is 0 Å². The molecule has 4 rings (SSSR count). The summed E-state index contributed by atoms with van der Waals surface area (Å²) in [4.78, 5) is 19.7. The molecule has 0 bridgehead atoms. The van der Waals surface area contributed by atoms with E-state index in [0.717, 1.165) is 23.1 Å². The molecule has 3 aromatic rings. The van der Waals surface area contributed by atoms with Gasteiger partial charge in [-0.2, -0.15) is 13.2 Å². The predicted octanol–water partition coefficient (Wildman–Crippen LogP) is 5.68. The third-order valence-electron chi connectivity index (χ3n) is 5.78. The minimum Gasteiger partial charge on any atom is -0.484 e. The Balaban J connectivity index is 1.60. The second-order valence-corrected chi connectivity index (χ2v) is 8.59. The Labute approximate surface area is 199 Å². The highest BCUT2D eigenvalue weighted by Gasteiger charge is 2.39. The first-order chi connectivity index (χ1) is 16.5. The number of hydrogen-bond donors (Lipinski definition) is 0. The lowest BCUT2D eigenvalue weighted by Gasteiger charge is -2.39. The lowest BCUT2D eigenvalue weighted by atomic mass is 9.90. The van der Waals surface area contributed by atoms with Gasteiger partial charge < -0.3 is 13.9 Å². The first-order valence-corrected chi connectivity index (χ1v) is 10.8. The Morgan fingerprint density at radius 2 is 1.89 bits per heavy atom. The van der Waals surface area contributed by atoms with Crippen LogP contribution in [0.15, 0.2) is 73.8 Å². The van der Waals surface area contributed by atoms with Crippen molar-refractivity contribution >= 4 is 29.3 Å². The monoisotopic (exact) mass is 484 g/mol. The topological polar surface area (TPSA) is 73.4 Å². The summed E-state index contributed by atoms with van der Waals surface area (Å²) in [6, 6.07) is 11.2. The molecule has 1 aliphatic heterocycles. The number of nitrogens with zero attached hydrogens (tertiary/aromatic N) is 2. The van der Waals surface area contributed by atoms with Crippen molar-refractivity contribution in [2.75, 3.05) is 7.05 Å². The van der Waals surface area contributed by atoms with E-state index in [0.29, 0.717) is 29.0 Å². The number of benzene rings is 2. The van der Waals surface area contributed by atoms with Gasteiger partial charge in [-0.25, -0.2) is 4.79 Å². The minimum atomic E-state index is -4.43. The molecule has 6 nitrogen and oxygen atoms in total. The number of fused-ring (bicyclic) bond motifs is 2. The van der Waals surface area contributed by atoms with Gasteiger partial charge in [0, 0.05) is 42.6 Å². The molecule has 0 aliphatic carbocycles. The summed E-state index contributed by atoms with van der Waals surface area (Å²) in [6.45, 7) is 7.26. The van der Waals surface area contributed by atoms with Crippen molar-refractivity contribution in [2.24, 2.45) is 9.98 Å². The molecule has 9 heteroatoms. The molecule has 1 aromatic heterocycles. The zero-order valence-corrected chi connectivity index (χ0v) is 19.3. The van der Waals surface area contributed by atoms with Crippen LogP contribution in [0.4, 0.5) is 13.2 Å². The van der Waals surface area contributed by atoms with Crippen LogP contribution in [0.25, 0.3) is 16.7 Å². The third kappa shape index (κ3) is 5.13. The number of rotatable bonds is 4. The third-order valence-corrected chi connectivity index (χ3v) is 5.78. The molecule has 0 spiro atoms. The van der Waals surface area contributed by atoms with E-state index < -0.39 is 29.1 Å². The average molecular weight is 484 g/mol. The van der Waals surface area contributed by atoms with Crippen molar-refractivity contribution in [3.8, 4) is 5.75 Å². The summed E-state index contributed by atoms with van der Waals surface area (Å²) in [7, 11) is 1.54. The average Bonchev–Trinajstić information content (AvgIpc) is 2.80. The van der Waals surface area contributed by atoms with Crippen LogP contribution in [0, 0.1) is 0 Å². The quantitative estimate of drug-likeness (QED) is 0.271. The summed E-state index contributed by atoms with van der Waals surface area (Å²) in [5, 5.41) is 0.759. The zero-order valence-electron chi connectivity index (χ0n) is 19.3. The molecular weight excluding hydrogens is 461 g/mol. The maximum absolute atomic E-state index is 12.9. The number of hydrogen-bond acceptors (Lipinski definition) is 6. The molecule has 1 unspecified atom stereocenters. The molecule has 1 aliphatic rings. The maximum Gasteiger partial charge on any atom is 0.416 e. The molecule has 0 amide bonds. The zero-order chi connectivity index (χ0) is 25.4. The first-order valence-electron chi connectivity index (χ1n) is 10.8. The molecule has 182 valence electrons. The minimum absolute atomic E-state index is 0.226. The molecule has 0 saturated carbocycles. The van der Waals surface area contributed by atoms with Crippen molar-refractivity contribution in [3.05, 3.63) is 81.7 Å². The number of alkyl halides is 3. The standard InChI is InChI=1S/C26H23F3N2O4/c1-25(2)22(12-17-11-16-7-10-24(32)33-20(16)14-21(17)35-25)34-23(31-4)13-19(30-3)15-5-8-18(9-6-15)26(27,28)29/h5-11,13-14,22H,3,12H2,1-2,4H3/b19-13-,31-23+. The predicted molar refractivity (Wildman–Crippen MR) is 128 cm³/mol. The lowest BCUT2D eigenvalue weighted by Crippen LogP contribution is -2.48. The second kappa shape index (κ2) is 9.05. The van der Waals surface area contributed by atoms with E-state index in [1.54, 1.807) is 19.2 Å². The summed E-state index contributed by atoms with van der Waals surface area (Å²) in [5.74, 6) is 0.824. The Morgan fingerprint density at radius 1 is 1.17 bits per heavy atom. The van der Waals surface area contributed by atoms with Crippen LogP contribution in [0.2, 0.25) is 0 Å². The van der Waals surface area contributed by atoms with E-state index in [1.165, 1.54) is 24.3 Å². The van der Waals surface area contributed by atoms with Crippen molar-refractivity contribution in [1.29, 1.82) is 0 Å². The smallest absolute Gasteiger partial charge is 0.416 e. The van der Waals surface area contributed by atoms with Crippen LogP contribution in [0.5, 0.6) is 5.75 Å². The highest BCUT2D eigenvalue weighted by molar-refractivity contribution is 5.95. The van der Waals surface area contributed by atoms with E-state index in [9.17, 15) is 18.0 Å². The highest BCUT2D eigenvalue weighted by atomic mass is 19.4. The fourth-order valence-corrected chi connectivity index (χ4v) is 3.84. The van der Waals surface area contributed by atoms with Gasteiger partial charge in [0.25, 0.3) is 0 Å². The number of halogens is 3. The van der Waals surface area contributed by atoms with Crippen LogP contribution in [0.3, 0.4) is 0 Å². The van der Waals surface area contributed by atoms with E-state index in [2.05, 4.69) is 16.7 Å². The SMILES string of the molecule is C=N/C(=C\C(=N/C)OC1Cc2cc3ccc(=O)oc3cc2OC1(C)C)c1ccc(C(F)(F)F)cc1. The highest BCUT2D eigenvalue weighted by Crippen LogP contribution is 2.37.